The molecule has 0 spiro atoms. The van der Waals surface area contributed by atoms with Crippen LogP contribution in [0.3, 0.4) is 0 Å². The number of hydrogen-bond acceptors (Lipinski definition) is 4. The van der Waals surface area contributed by atoms with Crippen molar-refractivity contribution in [3.8, 4) is 0 Å². The highest BCUT2D eigenvalue weighted by molar-refractivity contribution is 5.49. The lowest BCUT2D eigenvalue weighted by Crippen LogP contribution is -2.35. The minimum Gasteiger partial charge on any atom is -0.396 e. The average molecular weight is 279 g/mol. The van der Waals surface area contributed by atoms with Crippen LogP contribution in [0.1, 0.15) is 52.1 Å². The molecule has 4 heteroatoms. The van der Waals surface area contributed by atoms with E-state index in [0.29, 0.717) is 6.04 Å². The number of rotatable bonds is 9. The molecule has 20 heavy (non-hydrogen) atoms. The van der Waals surface area contributed by atoms with Gasteiger partial charge in [-0.3, -0.25) is 0 Å². The predicted molar refractivity (Wildman–Crippen MR) is 85.1 cm³/mol. The Morgan fingerprint density at radius 1 is 1.35 bits per heavy atom. The minimum atomic E-state index is 0.217. The normalized spacial score (nSPS) is 12.7. The molecule has 0 radical (unpaired) electrons. The summed E-state index contributed by atoms with van der Waals surface area (Å²) in [5.74, 6) is 1.03. The summed E-state index contributed by atoms with van der Waals surface area (Å²) < 4.78 is 0. The van der Waals surface area contributed by atoms with Crippen molar-refractivity contribution in [1.82, 2.24) is 10.3 Å². The fourth-order valence-corrected chi connectivity index (χ4v) is 2.31. The quantitative estimate of drug-likeness (QED) is 0.730. The molecular formula is C16H29N3O. The van der Waals surface area contributed by atoms with Crippen LogP contribution in [0.5, 0.6) is 0 Å². The first kappa shape index (κ1) is 16.9. The molecule has 0 saturated carbocycles. The van der Waals surface area contributed by atoms with Crippen LogP contribution in [0.25, 0.3) is 0 Å². The Kier molecular flexibility index (Phi) is 7.55. The first-order valence-corrected chi connectivity index (χ1v) is 7.67. The Bertz CT molecular complexity index is 382. The van der Waals surface area contributed by atoms with Crippen molar-refractivity contribution >= 4 is 5.82 Å². The number of aromatic nitrogens is 1. The van der Waals surface area contributed by atoms with Crippen LogP contribution >= 0.6 is 0 Å². The summed E-state index contributed by atoms with van der Waals surface area (Å²) in [6.45, 7) is 10.7. The maximum Gasteiger partial charge on any atom is 0.133 e. The molecule has 0 fully saturated rings. The van der Waals surface area contributed by atoms with Crippen molar-refractivity contribution in [3.05, 3.63) is 23.9 Å². The van der Waals surface area contributed by atoms with Crippen molar-refractivity contribution in [2.75, 3.05) is 24.6 Å². The van der Waals surface area contributed by atoms with Gasteiger partial charge in [-0.2, -0.15) is 0 Å². The summed E-state index contributed by atoms with van der Waals surface area (Å²) in [6.07, 6.45) is 3.74. The van der Waals surface area contributed by atoms with Gasteiger partial charge in [-0.1, -0.05) is 13.0 Å². The monoisotopic (exact) mass is 279 g/mol. The molecule has 1 unspecified atom stereocenters. The lowest BCUT2D eigenvalue weighted by Gasteiger charge is -2.31. The molecule has 0 aliphatic heterocycles. The number of hydrogen-bond donors (Lipinski definition) is 2. The van der Waals surface area contributed by atoms with Crippen molar-refractivity contribution in [2.45, 2.75) is 52.6 Å². The van der Waals surface area contributed by atoms with Crippen LogP contribution in [-0.4, -0.2) is 35.8 Å². The van der Waals surface area contributed by atoms with Crippen molar-refractivity contribution in [1.29, 1.82) is 0 Å². The van der Waals surface area contributed by atoms with Gasteiger partial charge >= 0.3 is 0 Å². The number of nitrogens with zero attached hydrogens (tertiary/aromatic N) is 2. The van der Waals surface area contributed by atoms with Gasteiger partial charge in [-0.05, 0) is 46.2 Å². The summed E-state index contributed by atoms with van der Waals surface area (Å²) in [7, 11) is 0. The smallest absolute Gasteiger partial charge is 0.133 e. The summed E-state index contributed by atoms with van der Waals surface area (Å²) >= 11 is 0. The third kappa shape index (κ3) is 4.76. The standard InChI is InChI=1S/C16H29N3O/c1-5-9-17-14(4)15-8-6-10-18-16(15)19(13(2)3)11-7-12-20/h6,8,10,13-14,17,20H,5,7,9,11-12H2,1-4H3. The zero-order chi connectivity index (χ0) is 15.0. The minimum absolute atomic E-state index is 0.217. The van der Waals surface area contributed by atoms with Gasteiger partial charge in [-0.25, -0.2) is 4.98 Å². The van der Waals surface area contributed by atoms with Gasteiger partial charge in [0, 0.05) is 37.0 Å². The van der Waals surface area contributed by atoms with Gasteiger partial charge in [0.1, 0.15) is 5.82 Å². The molecule has 0 saturated heterocycles. The topological polar surface area (TPSA) is 48.4 Å². The van der Waals surface area contributed by atoms with Crippen LogP contribution in [-0.2, 0) is 0 Å². The van der Waals surface area contributed by atoms with E-state index < -0.39 is 0 Å². The number of pyridine rings is 1. The summed E-state index contributed by atoms with van der Waals surface area (Å²) in [5, 5.41) is 12.6. The summed E-state index contributed by atoms with van der Waals surface area (Å²) in [4.78, 5) is 6.86. The van der Waals surface area contributed by atoms with Crippen LogP contribution < -0.4 is 10.2 Å². The molecule has 1 aromatic rings. The Hall–Kier alpha value is -1.13. The van der Waals surface area contributed by atoms with Crippen LogP contribution in [0.2, 0.25) is 0 Å². The Balaban J connectivity index is 2.96. The highest BCUT2D eigenvalue weighted by Gasteiger charge is 2.18. The molecule has 4 nitrogen and oxygen atoms in total. The fourth-order valence-electron chi connectivity index (χ4n) is 2.31. The van der Waals surface area contributed by atoms with Crippen molar-refractivity contribution in [2.24, 2.45) is 0 Å². The zero-order valence-corrected chi connectivity index (χ0v) is 13.3. The van der Waals surface area contributed by atoms with Crippen LogP contribution in [0.15, 0.2) is 18.3 Å². The number of aliphatic hydroxyl groups is 1. The molecule has 1 heterocycles. The number of nitrogens with one attached hydrogen (secondary N) is 1. The maximum absolute atomic E-state index is 9.08. The molecule has 0 amide bonds. The lowest BCUT2D eigenvalue weighted by molar-refractivity contribution is 0.288. The fraction of sp³-hybridized carbons (Fsp3) is 0.688. The third-order valence-corrected chi connectivity index (χ3v) is 3.44. The van der Waals surface area contributed by atoms with Gasteiger partial charge in [0.15, 0.2) is 0 Å². The van der Waals surface area contributed by atoms with E-state index >= 15 is 0 Å². The van der Waals surface area contributed by atoms with Gasteiger partial charge in [0.2, 0.25) is 0 Å². The van der Waals surface area contributed by atoms with Gasteiger partial charge < -0.3 is 15.3 Å². The van der Waals surface area contributed by atoms with Gasteiger partial charge in [0.25, 0.3) is 0 Å². The lowest BCUT2D eigenvalue weighted by atomic mass is 10.1. The van der Waals surface area contributed by atoms with E-state index in [-0.39, 0.29) is 12.6 Å². The first-order valence-electron chi connectivity index (χ1n) is 7.67. The van der Waals surface area contributed by atoms with Gasteiger partial charge in [0.05, 0.1) is 0 Å². The Morgan fingerprint density at radius 3 is 2.70 bits per heavy atom. The van der Waals surface area contributed by atoms with E-state index in [1.165, 1.54) is 5.56 Å². The summed E-state index contributed by atoms with van der Waals surface area (Å²) in [6, 6.07) is 4.79. The van der Waals surface area contributed by atoms with Gasteiger partial charge in [-0.15, -0.1) is 0 Å². The molecule has 0 aromatic carbocycles. The van der Waals surface area contributed by atoms with E-state index in [9.17, 15) is 0 Å². The number of anilines is 1. The highest BCUT2D eigenvalue weighted by Crippen LogP contribution is 2.25. The third-order valence-electron chi connectivity index (χ3n) is 3.44. The Labute approximate surface area is 123 Å². The number of aliphatic hydroxyl groups excluding tert-OH is 1. The van der Waals surface area contributed by atoms with Crippen LogP contribution in [0.4, 0.5) is 5.82 Å². The maximum atomic E-state index is 9.08. The average Bonchev–Trinajstić information content (AvgIpc) is 2.45. The first-order chi connectivity index (χ1) is 9.61. The second-order valence-corrected chi connectivity index (χ2v) is 5.46. The van der Waals surface area contributed by atoms with E-state index in [2.05, 4.69) is 49.0 Å². The molecule has 0 bridgehead atoms. The van der Waals surface area contributed by atoms with E-state index in [1.54, 1.807) is 0 Å². The van der Waals surface area contributed by atoms with Crippen LogP contribution in [0, 0.1) is 0 Å². The van der Waals surface area contributed by atoms with E-state index in [0.717, 1.165) is 31.7 Å². The molecule has 2 N–H and O–H groups in total. The summed E-state index contributed by atoms with van der Waals surface area (Å²) in [5.41, 5.74) is 1.23. The highest BCUT2D eigenvalue weighted by atomic mass is 16.3. The molecule has 114 valence electrons. The molecule has 1 rings (SSSR count). The molecule has 0 aliphatic carbocycles. The molecule has 1 atom stereocenters. The second kappa shape index (κ2) is 8.93. The predicted octanol–water partition coefficient (Wildman–Crippen LogP) is 2.74. The SMILES string of the molecule is CCCNC(C)c1cccnc1N(CCCO)C(C)C. The molecule has 1 aromatic heterocycles. The van der Waals surface area contributed by atoms with Crippen molar-refractivity contribution < 1.29 is 5.11 Å². The zero-order valence-electron chi connectivity index (χ0n) is 13.3. The largest absolute Gasteiger partial charge is 0.396 e. The van der Waals surface area contributed by atoms with Crippen molar-refractivity contribution in [3.63, 3.8) is 0 Å². The molecular weight excluding hydrogens is 250 g/mol. The second-order valence-electron chi connectivity index (χ2n) is 5.46. The Morgan fingerprint density at radius 2 is 2.10 bits per heavy atom. The van der Waals surface area contributed by atoms with E-state index in [1.807, 2.05) is 12.3 Å². The van der Waals surface area contributed by atoms with E-state index in [4.69, 9.17) is 5.11 Å². The molecule has 0 aliphatic rings.